The Bertz CT molecular complexity index is 1030. The molecule has 0 saturated carbocycles. The fraction of sp³-hybridized carbons (Fsp3) is 0.105. The van der Waals surface area contributed by atoms with E-state index in [9.17, 15) is 0 Å². The minimum Gasteiger partial charge on any atom is -0.497 e. The number of aromatic nitrogens is 4. The number of hydrogen-bond donors (Lipinski definition) is 1. The van der Waals surface area contributed by atoms with Crippen molar-refractivity contribution in [2.45, 2.75) is 10.9 Å². The van der Waals surface area contributed by atoms with Crippen LogP contribution in [0, 0.1) is 0 Å². The lowest BCUT2D eigenvalue weighted by molar-refractivity contribution is 0.391. The lowest BCUT2D eigenvalue weighted by atomic mass is 10.2. The quantitative estimate of drug-likeness (QED) is 0.404. The molecule has 4 aromatic rings. The molecule has 4 rings (SSSR count). The minimum absolute atomic E-state index is 0.478. The van der Waals surface area contributed by atoms with Crippen molar-refractivity contribution in [1.82, 2.24) is 19.8 Å². The van der Waals surface area contributed by atoms with Crippen LogP contribution in [-0.2, 0) is 5.75 Å². The summed E-state index contributed by atoms with van der Waals surface area (Å²) >= 11 is 1.44. The van der Waals surface area contributed by atoms with E-state index >= 15 is 0 Å². The van der Waals surface area contributed by atoms with Crippen molar-refractivity contribution in [3.8, 4) is 28.4 Å². The van der Waals surface area contributed by atoms with E-state index < -0.39 is 0 Å². The molecule has 0 bridgehead atoms. The van der Waals surface area contributed by atoms with Crippen molar-refractivity contribution in [2.75, 3.05) is 13.0 Å². The number of nitrogens with zero attached hydrogens (tertiary/aromatic N) is 4. The van der Waals surface area contributed by atoms with Gasteiger partial charge in [-0.05, 0) is 24.3 Å². The van der Waals surface area contributed by atoms with Crippen LogP contribution < -0.4 is 10.6 Å². The zero-order chi connectivity index (χ0) is 18.6. The molecular weight excluding hydrogens is 362 g/mol. The number of nitrogen functional groups attached to an aromatic ring is 1. The van der Waals surface area contributed by atoms with Gasteiger partial charge in [-0.15, -0.1) is 0 Å². The molecule has 0 atom stereocenters. The van der Waals surface area contributed by atoms with E-state index in [4.69, 9.17) is 15.1 Å². The number of nitrogens with two attached hydrogens (primary N) is 1. The van der Waals surface area contributed by atoms with Crippen LogP contribution in [-0.4, -0.2) is 26.9 Å². The van der Waals surface area contributed by atoms with E-state index in [0.717, 1.165) is 22.6 Å². The molecule has 2 aromatic heterocycles. The smallest absolute Gasteiger partial charge is 0.237 e. The van der Waals surface area contributed by atoms with Crippen molar-refractivity contribution in [2.24, 2.45) is 0 Å². The molecule has 7 nitrogen and oxygen atoms in total. The summed E-state index contributed by atoms with van der Waals surface area (Å²) in [4.78, 5) is 9.00. The van der Waals surface area contributed by atoms with Crippen LogP contribution in [0.1, 0.15) is 5.89 Å². The number of hydrogen-bond acceptors (Lipinski definition) is 7. The molecule has 0 amide bonds. The van der Waals surface area contributed by atoms with Crippen LogP contribution in [0.2, 0.25) is 0 Å². The third-order valence-electron chi connectivity index (χ3n) is 3.91. The Balaban J connectivity index is 1.45. The normalized spacial score (nSPS) is 10.9. The summed E-state index contributed by atoms with van der Waals surface area (Å²) in [5.74, 6) is 8.32. The fourth-order valence-corrected chi connectivity index (χ4v) is 3.26. The molecule has 0 spiro atoms. The molecule has 0 aliphatic carbocycles. The summed E-state index contributed by atoms with van der Waals surface area (Å²) in [5, 5.41) is 4.71. The predicted molar refractivity (Wildman–Crippen MR) is 104 cm³/mol. The van der Waals surface area contributed by atoms with Crippen LogP contribution in [0.25, 0.3) is 22.6 Å². The monoisotopic (exact) mass is 379 g/mol. The predicted octanol–water partition coefficient (Wildman–Crippen LogP) is 3.61. The first-order valence-electron chi connectivity index (χ1n) is 8.22. The molecular formula is C19H17N5O2S. The number of thioether (sulfide) groups is 1. The van der Waals surface area contributed by atoms with Crippen molar-refractivity contribution in [3.63, 3.8) is 0 Å². The molecule has 2 aromatic carbocycles. The highest BCUT2D eigenvalue weighted by Gasteiger charge is 2.13. The van der Waals surface area contributed by atoms with Gasteiger partial charge in [0.05, 0.1) is 24.8 Å². The SMILES string of the molecule is COc1ccc(-c2noc(CSc3nc(-c4ccccc4)cn3N)n2)cc1. The van der Waals surface area contributed by atoms with Crippen molar-refractivity contribution in [3.05, 3.63) is 66.7 Å². The van der Waals surface area contributed by atoms with Gasteiger partial charge in [0.1, 0.15) is 5.75 Å². The van der Waals surface area contributed by atoms with Crippen molar-refractivity contribution in [1.29, 1.82) is 0 Å². The molecule has 2 N–H and O–H groups in total. The average Bonchev–Trinajstić information content (AvgIpc) is 3.34. The summed E-state index contributed by atoms with van der Waals surface area (Å²) in [5.41, 5.74) is 2.70. The largest absolute Gasteiger partial charge is 0.497 e. The van der Waals surface area contributed by atoms with Gasteiger partial charge in [0.2, 0.25) is 11.7 Å². The van der Waals surface area contributed by atoms with E-state index in [0.29, 0.717) is 22.6 Å². The maximum Gasteiger partial charge on any atom is 0.237 e. The molecule has 27 heavy (non-hydrogen) atoms. The molecule has 8 heteroatoms. The van der Waals surface area contributed by atoms with E-state index in [1.807, 2.05) is 54.6 Å². The molecule has 0 saturated heterocycles. The van der Waals surface area contributed by atoms with Gasteiger partial charge in [-0.3, -0.25) is 0 Å². The molecule has 136 valence electrons. The molecule has 0 unspecified atom stereocenters. The van der Waals surface area contributed by atoms with Gasteiger partial charge in [0.15, 0.2) is 5.16 Å². The number of methoxy groups -OCH3 is 1. The van der Waals surface area contributed by atoms with Crippen molar-refractivity contribution < 1.29 is 9.26 Å². The second-order valence-corrected chi connectivity index (χ2v) is 6.65. The summed E-state index contributed by atoms with van der Waals surface area (Å²) < 4.78 is 12.0. The maximum absolute atomic E-state index is 6.02. The van der Waals surface area contributed by atoms with Gasteiger partial charge in [-0.2, -0.15) is 4.98 Å². The minimum atomic E-state index is 0.478. The van der Waals surface area contributed by atoms with Gasteiger partial charge in [-0.1, -0.05) is 47.3 Å². The number of imidazole rings is 1. The molecule has 0 aliphatic rings. The van der Waals surface area contributed by atoms with E-state index in [1.54, 1.807) is 13.3 Å². The maximum atomic E-state index is 6.02. The van der Waals surface area contributed by atoms with Gasteiger partial charge in [-0.25, -0.2) is 9.66 Å². The number of benzene rings is 2. The average molecular weight is 379 g/mol. The van der Waals surface area contributed by atoms with E-state index in [2.05, 4.69) is 15.1 Å². The second-order valence-electron chi connectivity index (χ2n) is 5.71. The van der Waals surface area contributed by atoms with Crippen LogP contribution in [0.4, 0.5) is 0 Å². The molecule has 2 heterocycles. The first-order valence-corrected chi connectivity index (χ1v) is 9.21. The molecule has 0 fully saturated rings. The van der Waals surface area contributed by atoms with E-state index in [-0.39, 0.29) is 0 Å². The van der Waals surface area contributed by atoms with Crippen LogP contribution in [0.5, 0.6) is 5.75 Å². The molecule has 0 aliphatic heterocycles. The van der Waals surface area contributed by atoms with Gasteiger partial charge in [0.25, 0.3) is 0 Å². The lowest BCUT2D eigenvalue weighted by Crippen LogP contribution is -2.07. The first kappa shape index (κ1) is 17.2. The third-order valence-corrected chi connectivity index (χ3v) is 4.86. The van der Waals surface area contributed by atoms with Gasteiger partial charge >= 0.3 is 0 Å². The lowest BCUT2D eigenvalue weighted by Gasteiger charge is -1.99. The summed E-state index contributed by atoms with van der Waals surface area (Å²) in [7, 11) is 1.63. The van der Waals surface area contributed by atoms with E-state index in [1.165, 1.54) is 16.4 Å². The zero-order valence-corrected chi connectivity index (χ0v) is 15.4. The highest BCUT2D eigenvalue weighted by molar-refractivity contribution is 7.98. The Morgan fingerprint density at radius 1 is 1.04 bits per heavy atom. The highest BCUT2D eigenvalue weighted by atomic mass is 32.2. The van der Waals surface area contributed by atoms with Crippen LogP contribution in [0.15, 0.2) is 70.5 Å². The third kappa shape index (κ3) is 3.80. The Morgan fingerprint density at radius 3 is 2.56 bits per heavy atom. The van der Waals surface area contributed by atoms with Gasteiger partial charge in [0, 0.05) is 11.1 Å². The number of ether oxygens (including phenoxy) is 1. The Morgan fingerprint density at radius 2 is 1.81 bits per heavy atom. The van der Waals surface area contributed by atoms with Crippen LogP contribution in [0.3, 0.4) is 0 Å². The van der Waals surface area contributed by atoms with Gasteiger partial charge < -0.3 is 15.1 Å². The standard InChI is InChI=1S/C19H17N5O2S/c1-25-15-9-7-14(8-10-15)18-22-17(26-23-18)12-27-19-21-16(11-24(19)20)13-5-3-2-4-6-13/h2-11H,12,20H2,1H3. The first-order chi connectivity index (χ1) is 13.2. The summed E-state index contributed by atoms with van der Waals surface area (Å²) in [6.45, 7) is 0. The number of rotatable bonds is 6. The van der Waals surface area contributed by atoms with Crippen LogP contribution >= 0.6 is 11.8 Å². The Labute approximate surface area is 160 Å². The Hall–Kier alpha value is -3.26. The topological polar surface area (TPSA) is 92.0 Å². The fourth-order valence-electron chi connectivity index (χ4n) is 2.53. The zero-order valence-electron chi connectivity index (χ0n) is 14.6. The summed E-state index contributed by atoms with van der Waals surface area (Å²) in [6.07, 6.45) is 1.80. The second kappa shape index (κ2) is 7.55. The Kier molecular flexibility index (Phi) is 4.80. The summed E-state index contributed by atoms with van der Waals surface area (Å²) in [6, 6.07) is 17.4. The highest BCUT2D eigenvalue weighted by Crippen LogP contribution is 2.26. The molecule has 0 radical (unpaired) electrons. The van der Waals surface area contributed by atoms with Crippen molar-refractivity contribution >= 4 is 11.8 Å².